The SMILES string of the molecule is COC(=O)COc1ccc(S(=O)(=O)N2CCN(c3cccc(C(F)(F)F)c3)CC2)cc1Cl. The topological polar surface area (TPSA) is 76.1 Å². The maximum atomic E-state index is 13.0. The molecule has 0 radical (unpaired) electrons. The second-order valence-corrected chi connectivity index (χ2v) is 9.24. The normalized spacial score (nSPS) is 15.5. The van der Waals surface area contributed by atoms with Gasteiger partial charge in [0, 0.05) is 31.9 Å². The third-order valence-corrected chi connectivity index (χ3v) is 7.08. The molecular weight excluding hydrogens is 473 g/mol. The molecule has 12 heteroatoms. The number of nitrogens with zero attached hydrogens (tertiary/aromatic N) is 2. The molecule has 0 atom stereocenters. The van der Waals surface area contributed by atoms with Gasteiger partial charge in [-0.05, 0) is 36.4 Å². The summed E-state index contributed by atoms with van der Waals surface area (Å²) < 4.78 is 75.7. The van der Waals surface area contributed by atoms with Gasteiger partial charge in [-0.15, -0.1) is 0 Å². The molecule has 0 unspecified atom stereocenters. The van der Waals surface area contributed by atoms with Crippen LogP contribution < -0.4 is 9.64 Å². The quantitative estimate of drug-likeness (QED) is 0.575. The van der Waals surface area contributed by atoms with Gasteiger partial charge >= 0.3 is 12.1 Å². The van der Waals surface area contributed by atoms with Crippen LogP contribution in [0.2, 0.25) is 5.02 Å². The molecule has 7 nitrogen and oxygen atoms in total. The zero-order valence-corrected chi connectivity index (χ0v) is 18.5. The summed E-state index contributed by atoms with van der Waals surface area (Å²) in [5.74, 6) is -0.484. The van der Waals surface area contributed by atoms with Gasteiger partial charge in [-0.1, -0.05) is 17.7 Å². The van der Waals surface area contributed by atoms with Crippen molar-refractivity contribution in [2.24, 2.45) is 0 Å². The number of benzene rings is 2. The van der Waals surface area contributed by atoms with Crippen molar-refractivity contribution in [2.45, 2.75) is 11.1 Å². The lowest BCUT2D eigenvalue weighted by Gasteiger charge is -2.35. The molecule has 1 saturated heterocycles. The van der Waals surface area contributed by atoms with E-state index in [-0.39, 0.29) is 48.5 Å². The Morgan fingerprint density at radius 1 is 1.09 bits per heavy atom. The Labute approximate surface area is 188 Å². The van der Waals surface area contributed by atoms with E-state index in [0.717, 1.165) is 12.1 Å². The number of sulfonamides is 1. The zero-order chi connectivity index (χ0) is 23.5. The molecule has 0 bridgehead atoms. The number of hydrogen-bond acceptors (Lipinski definition) is 6. The van der Waals surface area contributed by atoms with Gasteiger partial charge in [0.1, 0.15) is 5.75 Å². The summed E-state index contributed by atoms with van der Waals surface area (Å²) in [5.41, 5.74) is -0.374. The van der Waals surface area contributed by atoms with Crippen LogP contribution >= 0.6 is 11.6 Å². The minimum absolute atomic E-state index is 0.0116. The first kappa shape index (κ1) is 24.1. The first-order chi connectivity index (χ1) is 15.0. The molecule has 1 heterocycles. The predicted octanol–water partition coefficient (Wildman–Crippen LogP) is 3.42. The highest BCUT2D eigenvalue weighted by Crippen LogP contribution is 2.33. The number of rotatable bonds is 6. The van der Waals surface area contributed by atoms with Crippen LogP contribution in [-0.2, 0) is 25.7 Å². The van der Waals surface area contributed by atoms with Crippen molar-refractivity contribution >= 4 is 33.3 Å². The van der Waals surface area contributed by atoms with E-state index < -0.39 is 27.7 Å². The van der Waals surface area contributed by atoms with Gasteiger partial charge in [-0.3, -0.25) is 0 Å². The monoisotopic (exact) mass is 492 g/mol. The molecule has 32 heavy (non-hydrogen) atoms. The van der Waals surface area contributed by atoms with Crippen molar-refractivity contribution in [1.82, 2.24) is 4.31 Å². The molecule has 0 aromatic heterocycles. The molecule has 0 spiro atoms. The van der Waals surface area contributed by atoms with Crippen molar-refractivity contribution in [1.29, 1.82) is 0 Å². The van der Waals surface area contributed by atoms with E-state index in [9.17, 15) is 26.4 Å². The fourth-order valence-electron chi connectivity index (χ4n) is 3.17. The fraction of sp³-hybridized carbons (Fsp3) is 0.350. The lowest BCUT2D eigenvalue weighted by atomic mass is 10.1. The molecule has 0 saturated carbocycles. The Morgan fingerprint density at radius 2 is 1.78 bits per heavy atom. The minimum atomic E-state index is -4.45. The second-order valence-electron chi connectivity index (χ2n) is 6.90. The summed E-state index contributed by atoms with van der Waals surface area (Å²) in [6, 6.07) is 8.82. The minimum Gasteiger partial charge on any atom is -0.480 e. The largest absolute Gasteiger partial charge is 0.480 e. The number of carbonyl (C=O) groups excluding carboxylic acids is 1. The third-order valence-electron chi connectivity index (χ3n) is 4.89. The number of anilines is 1. The Hall–Kier alpha value is -2.50. The Bertz CT molecular complexity index is 1090. The van der Waals surface area contributed by atoms with Crippen LogP contribution in [-0.4, -0.2) is 58.6 Å². The predicted molar refractivity (Wildman–Crippen MR) is 111 cm³/mol. The van der Waals surface area contributed by atoms with E-state index in [1.807, 2.05) is 0 Å². The van der Waals surface area contributed by atoms with Crippen LogP contribution in [0.25, 0.3) is 0 Å². The first-order valence-corrected chi connectivity index (χ1v) is 11.3. The van der Waals surface area contributed by atoms with E-state index in [4.69, 9.17) is 16.3 Å². The molecule has 1 aliphatic heterocycles. The number of carbonyl (C=O) groups is 1. The Morgan fingerprint density at radius 3 is 2.38 bits per heavy atom. The van der Waals surface area contributed by atoms with Crippen molar-refractivity contribution < 1.29 is 35.9 Å². The van der Waals surface area contributed by atoms with Crippen LogP contribution in [0.4, 0.5) is 18.9 Å². The summed E-state index contributed by atoms with van der Waals surface area (Å²) in [7, 11) is -2.68. The second kappa shape index (κ2) is 9.55. The van der Waals surface area contributed by atoms with Gasteiger partial charge in [-0.2, -0.15) is 17.5 Å². The number of ether oxygens (including phenoxy) is 2. The zero-order valence-electron chi connectivity index (χ0n) is 16.9. The smallest absolute Gasteiger partial charge is 0.416 e. The molecule has 3 rings (SSSR count). The number of methoxy groups -OCH3 is 1. The highest BCUT2D eigenvalue weighted by molar-refractivity contribution is 7.89. The molecule has 2 aromatic carbocycles. The van der Waals surface area contributed by atoms with Crippen molar-refractivity contribution in [3.05, 3.63) is 53.1 Å². The lowest BCUT2D eigenvalue weighted by Crippen LogP contribution is -2.48. The average Bonchev–Trinajstić information content (AvgIpc) is 2.77. The van der Waals surface area contributed by atoms with Gasteiger partial charge in [0.2, 0.25) is 10.0 Å². The van der Waals surface area contributed by atoms with Gasteiger partial charge in [-0.25, -0.2) is 13.2 Å². The van der Waals surface area contributed by atoms with Crippen LogP contribution in [0.5, 0.6) is 5.75 Å². The summed E-state index contributed by atoms with van der Waals surface area (Å²) in [4.78, 5) is 12.8. The van der Waals surface area contributed by atoms with Crippen LogP contribution in [0.1, 0.15) is 5.56 Å². The van der Waals surface area contributed by atoms with Gasteiger partial charge in [0.15, 0.2) is 6.61 Å². The molecule has 0 N–H and O–H groups in total. The number of hydrogen-bond donors (Lipinski definition) is 0. The summed E-state index contributed by atoms with van der Waals surface area (Å²) in [6.45, 7) is 0.274. The van der Waals surface area contributed by atoms with Gasteiger partial charge < -0.3 is 14.4 Å². The maximum Gasteiger partial charge on any atom is 0.416 e. The van der Waals surface area contributed by atoms with E-state index in [1.165, 1.54) is 35.7 Å². The van der Waals surface area contributed by atoms with Crippen molar-refractivity contribution in [2.75, 3.05) is 44.8 Å². The summed E-state index contributed by atoms with van der Waals surface area (Å²) in [6.07, 6.45) is -4.45. The Balaban J connectivity index is 1.68. The molecule has 2 aromatic rings. The van der Waals surface area contributed by atoms with Crippen molar-refractivity contribution in [3.63, 3.8) is 0 Å². The number of piperazine rings is 1. The summed E-state index contributed by atoms with van der Waals surface area (Å²) in [5, 5.41) is 0.0116. The van der Waals surface area contributed by atoms with Crippen LogP contribution in [0.3, 0.4) is 0 Å². The first-order valence-electron chi connectivity index (χ1n) is 9.44. The fourth-order valence-corrected chi connectivity index (χ4v) is 4.92. The maximum absolute atomic E-state index is 13.0. The van der Waals surface area contributed by atoms with Gasteiger partial charge in [0.25, 0.3) is 0 Å². The van der Waals surface area contributed by atoms with Crippen LogP contribution in [0.15, 0.2) is 47.4 Å². The number of halogens is 4. The highest BCUT2D eigenvalue weighted by atomic mass is 35.5. The Kier molecular flexibility index (Phi) is 7.21. The van der Waals surface area contributed by atoms with Crippen LogP contribution in [0, 0.1) is 0 Å². The standard InChI is InChI=1S/C20H20ClF3N2O5S/c1-30-19(27)13-31-18-6-5-16(12-17(18)21)32(28,29)26-9-7-25(8-10-26)15-4-2-3-14(11-15)20(22,23)24/h2-6,11-12H,7-10,13H2,1H3. The van der Waals surface area contributed by atoms with E-state index in [0.29, 0.717) is 5.69 Å². The highest BCUT2D eigenvalue weighted by Gasteiger charge is 2.32. The van der Waals surface area contributed by atoms with E-state index in [1.54, 1.807) is 11.0 Å². The number of alkyl halides is 3. The molecule has 0 amide bonds. The molecular formula is C20H20ClF3N2O5S. The van der Waals surface area contributed by atoms with Crippen molar-refractivity contribution in [3.8, 4) is 5.75 Å². The van der Waals surface area contributed by atoms with E-state index in [2.05, 4.69) is 4.74 Å². The lowest BCUT2D eigenvalue weighted by molar-refractivity contribution is -0.143. The summed E-state index contributed by atoms with van der Waals surface area (Å²) >= 11 is 6.10. The molecule has 174 valence electrons. The molecule has 0 aliphatic carbocycles. The average molecular weight is 493 g/mol. The third kappa shape index (κ3) is 5.45. The molecule has 1 fully saturated rings. The molecule has 1 aliphatic rings. The number of esters is 1. The van der Waals surface area contributed by atoms with Gasteiger partial charge in [0.05, 0.1) is 22.6 Å². The van der Waals surface area contributed by atoms with E-state index >= 15 is 0 Å².